The van der Waals surface area contributed by atoms with E-state index in [1.165, 1.54) is 9.91 Å². The van der Waals surface area contributed by atoms with Crippen molar-refractivity contribution in [2.24, 2.45) is 0 Å². The van der Waals surface area contributed by atoms with Crippen LogP contribution in [0.3, 0.4) is 0 Å². The van der Waals surface area contributed by atoms with Gasteiger partial charge >= 0.3 is 11.9 Å². The molecule has 7 nitrogen and oxygen atoms in total. The van der Waals surface area contributed by atoms with Gasteiger partial charge in [0.25, 0.3) is 0 Å². The summed E-state index contributed by atoms with van der Waals surface area (Å²) in [5.41, 5.74) is 2.19. The molecule has 1 saturated heterocycles. The fourth-order valence-corrected chi connectivity index (χ4v) is 1.85. The number of hydrogen-bond acceptors (Lipinski definition) is 6. The lowest BCUT2D eigenvalue weighted by Gasteiger charge is -2.30. The fourth-order valence-electron chi connectivity index (χ4n) is 1.47. The number of carbonyl (C=O) groups is 2. The Labute approximate surface area is 92.0 Å². The highest BCUT2D eigenvalue weighted by Crippen LogP contribution is 2.16. The summed E-state index contributed by atoms with van der Waals surface area (Å²) in [7, 11) is 1.63. The summed E-state index contributed by atoms with van der Waals surface area (Å²) in [4.78, 5) is 22.5. The maximum Gasteiger partial charge on any atom is 0.317 e. The van der Waals surface area contributed by atoms with Gasteiger partial charge in [0.15, 0.2) is 0 Å². The second-order valence-corrected chi connectivity index (χ2v) is 3.68. The smallest absolute Gasteiger partial charge is 0.317 e. The van der Waals surface area contributed by atoms with Gasteiger partial charge in [-0.05, 0) is 5.50 Å². The van der Waals surface area contributed by atoms with Crippen LogP contribution in [-0.2, 0) is 22.2 Å². The molecule has 1 rings (SSSR count). The number of nitrogens with one attached hydrogen (secondary N) is 1. The molecular formula is C7H12N3O4S-. The van der Waals surface area contributed by atoms with E-state index in [1.807, 2.05) is 0 Å². The summed E-state index contributed by atoms with van der Waals surface area (Å²) >= 11 is 4.97. The maximum absolute atomic E-state index is 10.6. The van der Waals surface area contributed by atoms with Gasteiger partial charge in [0, 0.05) is 7.05 Å². The molecule has 1 aliphatic heterocycles. The highest BCUT2D eigenvalue weighted by molar-refractivity contribution is 7.59. The quantitative estimate of drug-likeness (QED) is 0.504. The Bertz CT molecular complexity index is 249. The highest BCUT2D eigenvalue weighted by Gasteiger charge is 2.33. The molecule has 86 valence electrons. The molecule has 0 aliphatic carbocycles. The Kier molecular flexibility index (Phi) is 3.91. The van der Waals surface area contributed by atoms with Crippen molar-refractivity contribution in [1.29, 1.82) is 0 Å². The molecule has 0 saturated carbocycles. The SMILES string of the molecule is CN1NC([S-])N(CC(=O)O)C1CC(=O)O. The zero-order valence-corrected chi connectivity index (χ0v) is 8.90. The molecule has 2 atom stereocenters. The van der Waals surface area contributed by atoms with Crippen LogP contribution in [0, 0.1) is 0 Å². The molecule has 3 N–H and O–H groups in total. The van der Waals surface area contributed by atoms with Crippen LogP contribution in [-0.4, -0.2) is 57.3 Å². The van der Waals surface area contributed by atoms with Gasteiger partial charge in [0.1, 0.15) is 0 Å². The van der Waals surface area contributed by atoms with E-state index in [0.29, 0.717) is 0 Å². The highest BCUT2D eigenvalue weighted by atomic mass is 32.1. The van der Waals surface area contributed by atoms with Crippen LogP contribution >= 0.6 is 0 Å². The Morgan fingerprint density at radius 2 is 2.00 bits per heavy atom. The number of nitrogens with zero attached hydrogens (tertiary/aromatic N) is 2. The van der Waals surface area contributed by atoms with Crippen molar-refractivity contribution in [2.75, 3.05) is 13.6 Å². The molecule has 0 radical (unpaired) electrons. The molecule has 0 bridgehead atoms. The fraction of sp³-hybridized carbons (Fsp3) is 0.714. The van der Waals surface area contributed by atoms with E-state index < -0.39 is 23.6 Å². The van der Waals surface area contributed by atoms with Gasteiger partial charge < -0.3 is 22.8 Å². The first-order chi connectivity index (χ1) is 6.91. The summed E-state index contributed by atoms with van der Waals surface area (Å²) in [6, 6.07) is 0. The minimum atomic E-state index is -1.03. The van der Waals surface area contributed by atoms with Gasteiger partial charge in [-0.2, -0.15) is 0 Å². The minimum absolute atomic E-state index is 0.177. The number of carboxylic acids is 2. The van der Waals surface area contributed by atoms with Crippen molar-refractivity contribution in [3.63, 3.8) is 0 Å². The van der Waals surface area contributed by atoms with Crippen molar-refractivity contribution in [3.8, 4) is 0 Å². The third-order valence-corrected chi connectivity index (χ3v) is 2.50. The zero-order chi connectivity index (χ0) is 11.6. The topological polar surface area (TPSA) is 93.1 Å². The van der Waals surface area contributed by atoms with Crippen LogP contribution < -0.4 is 5.43 Å². The van der Waals surface area contributed by atoms with Crippen molar-refractivity contribution in [1.82, 2.24) is 15.3 Å². The van der Waals surface area contributed by atoms with Crippen molar-refractivity contribution in [2.45, 2.75) is 18.1 Å². The second-order valence-electron chi connectivity index (χ2n) is 3.24. The maximum atomic E-state index is 10.6. The first kappa shape index (κ1) is 12.2. The lowest BCUT2D eigenvalue weighted by Crippen LogP contribution is -2.43. The predicted molar refractivity (Wildman–Crippen MR) is 52.4 cm³/mol. The lowest BCUT2D eigenvalue weighted by atomic mass is 10.3. The van der Waals surface area contributed by atoms with Crippen LogP contribution in [0.1, 0.15) is 6.42 Å². The monoisotopic (exact) mass is 234 g/mol. The van der Waals surface area contributed by atoms with E-state index in [9.17, 15) is 9.59 Å². The standard InChI is InChI=1S/C7H13N3O4S/c1-9-4(2-5(11)12)10(3-6(13)14)7(15)8-9/h4,7-8,15H,2-3H2,1H3,(H,11,12)(H,13,14)/p-1. The van der Waals surface area contributed by atoms with Crippen LogP contribution in [0.2, 0.25) is 0 Å². The third-order valence-electron chi connectivity index (χ3n) is 2.12. The molecule has 15 heavy (non-hydrogen) atoms. The summed E-state index contributed by atoms with van der Waals surface area (Å²) < 4.78 is 0. The van der Waals surface area contributed by atoms with E-state index in [-0.39, 0.29) is 13.0 Å². The molecule has 0 aromatic heterocycles. The first-order valence-corrected chi connectivity index (χ1v) is 4.73. The van der Waals surface area contributed by atoms with Crippen LogP contribution in [0.15, 0.2) is 0 Å². The number of carboxylic acid groups (broad SMARTS) is 2. The minimum Gasteiger partial charge on any atom is -0.757 e. The van der Waals surface area contributed by atoms with E-state index in [2.05, 4.69) is 5.43 Å². The molecule has 2 unspecified atom stereocenters. The number of hydrogen-bond donors (Lipinski definition) is 3. The zero-order valence-electron chi connectivity index (χ0n) is 8.08. The van der Waals surface area contributed by atoms with Gasteiger partial charge in [0.2, 0.25) is 0 Å². The largest absolute Gasteiger partial charge is 0.757 e. The molecule has 0 aromatic carbocycles. The predicted octanol–water partition coefficient (Wildman–Crippen LogP) is -1.55. The van der Waals surface area contributed by atoms with Crippen molar-refractivity contribution < 1.29 is 19.8 Å². The van der Waals surface area contributed by atoms with Crippen LogP contribution in [0.25, 0.3) is 0 Å². The van der Waals surface area contributed by atoms with Gasteiger partial charge in [-0.1, -0.05) is 0 Å². The molecule has 0 spiro atoms. The average molecular weight is 234 g/mol. The Balaban J connectivity index is 2.70. The third kappa shape index (κ3) is 3.06. The van der Waals surface area contributed by atoms with E-state index in [4.69, 9.17) is 22.8 Å². The Morgan fingerprint density at radius 3 is 2.47 bits per heavy atom. The van der Waals surface area contributed by atoms with E-state index >= 15 is 0 Å². The first-order valence-electron chi connectivity index (χ1n) is 4.26. The molecule has 0 aromatic rings. The van der Waals surface area contributed by atoms with Gasteiger partial charge in [-0.25, -0.2) is 5.01 Å². The molecule has 1 aliphatic rings. The van der Waals surface area contributed by atoms with Crippen LogP contribution in [0.4, 0.5) is 0 Å². The average Bonchev–Trinajstić information content (AvgIpc) is 2.30. The summed E-state index contributed by atoms with van der Waals surface area (Å²) in [5.74, 6) is -2.02. The van der Waals surface area contributed by atoms with Crippen molar-refractivity contribution in [3.05, 3.63) is 0 Å². The van der Waals surface area contributed by atoms with Gasteiger partial charge in [-0.15, -0.1) is 0 Å². The lowest BCUT2D eigenvalue weighted by molar-refractivity contribution is -0.143. The molecule has 1 fully saturated rings. The molecular weight excluding hydrogens is 222 g/mol. The number of rotatable bonds is 4. The molecule has 0 amide bonds. The summed E-state index contributed by atoms with van der Waals surface area (Å²) in [6.07, 6.45) is -0.703. The number of hydrazine groups is 1. The Morgan fingerprint density at radius 1 is 1.40 bits per heavy atom. The molecule has 8 heteroatoms. The Hall–Kier alpha value is -0.830. The normalized spacial score (nSPS) is 28.1. The van der Waals surface area contributed by atoms with Crippen LogP contribution in [0.5, 0.6) is 0 Å². The van der Waals surface area contributed by atoms with Gasteiger partial charge in [-0.3, -0.25) is 19.9 Å². The van der Waals surface area contributed by atoms with Gasteiger partial charge in [0.05, 0.1) is 19.1 Å². The summed E-state index contributed by atoms with van der Waals surface area (Å²) in [6.45, 7) is -0.274. The van der Waals surface area contributed by atoms with E-state index in [1.54, 1.807) is 7.05 Å². The van der Waals surface area contributed by atoms with Crippen molar-refractivity contribution >= 4 is 24.6 Å². The second kappa shape index (κ2) is 4.79. The summed E-state index contributed by atoms with van der Waals surface area (Å²) in [5, 5.41) is 18.8. The van der Waals surface area contributed by atoms with E-state index in [0.717, 1.165) is 0 Å². The number of aliphatic carboxylic acids is 2. The molecule has 1 heterocycles.